The zero-order chi connectivity index (χ0) is 13.9. The van der Waals surface area contributed by atoms with Gasteiger partial charge in [-0.15, -0.1) is 11.3 Å². The summed E-state index contributed by atoms with van der Waals surface area (Å²) in [6.45, 7) is 0.724. The molecule has 1 aliphatic heterocycles. The van der Waals surface area contributed by atoms with Crippen LogP contribution in [-0.2, 0) is 22.4 Å². The third kappa shape index (κ3) is 2.42. The number of fused-ring (bicyclic) bond motifs is 1. The van der Waals surface area contributed by atoms with Crippen molar-refractivity contribution < 1.29 is 9.59 Å². The highest BCUT2D eigenvalue weighted by Gasteiger charge is 2.24. The molecule has 0 aliphatic carbocycles. The third-order valence-electron chi connectivity index (χ3n) is 3.25. The van der Waals surface area contributed by atoms with Crippen molar-refractivity contribution in [2.75, 3.05) is 16.8 Å². The van der Waals surface area contributed by atoms with E-state index >= 15 is 0 Å². The monoisotopic (exact) mass is 287 g/mol. The number of thiazole rings is 1. The zero-order valence-corrected chi connectivity index (χ0v) is 11.5. The topological polar surface area (TPSA) is 62.3 Å². The van der Waals surface area contributed by atoms with Gasteiger partial charge in [0, 0.05) is 17.6 Å². The molecule has 5 nitrogen and oxygen atoms in total. The van der Waals surface area contributed by atoms with E-state index in [0.717, 1.165) is 18.7 Å². The van der Waals surface area contributed by atoms with Crippen LogP contribution in [0.1, 0.15) is 11.3 Å². The number of rotatable bonds is 4. The molecular formula is C14H13N3O2S. The van der Waals surface area contributed by atoms with Crippen molar-refractivity contribution in [3.05, 3.63) is 40.9 Å². The third-order valence-corrected chi connectivity index (χ3v) is 4.08. The van der Waals surface area contributed by atoms with Gasteiger partial charge in [-0.3, -0.25) is 9.59 Å². The molecule has 3 rings (SSSR count). The van der Waals surface area contributed by atoms with Crippen molar-refractivity contribution >= 4 is 34.5 Å². The maximum Gasteiger partial charge on any atom is 0.233 e. The quantitative estimate of drug-likeness (QED) is 0.873. The Kier molecular flexibility index (Phi) is 3.47. The summed E-state index contributed by atoms with van der Waals surface area (Å²) in [7, 11) is 0. The van der Waals surface area contributed by atoms with Crippen molar-refractivity contribution in [3.63, 3.8) is 0 Å². The van der Waals surface area contributed by atoms with Gasteiger partial charge in [0.25, 0.3) is 0 Å². The smallest absolute Gasteiger partial charge is 0.233 e. The van der Waals surface area contributed by atoms with Gasteiger partial charge in [0.15, 0.2) is 5.13 Å². The molecule has 0 fully saturated rings. The molecule has 1 N–H and O–H groups in total. The molecule has 20 heavy (non-hydrogen) atoms. The maximum absolute atomic E-state index is 12.3. The van der Waals surface area contributed by atoms with Crippen LogP contribution in [0.25, 0.3) is 0 Å². The van der Waals surface area contributed by atoms with E-state index in [1.807, 2.05) is 23.1 Å². The first-order valence-electron chi connectivity index (χ1n) is 6.31. The van der Waals surface area contributed by atoms with Gasteiger partial charge in [0.1, 0.15) is 0 Å². The lowest BCUT2D eigenvalue weighted by Crippen LogP contribution is -2.30. The fourth-order valence-electron chi connectivity index (χ4n) is 2.35. The Morgan fingerprint density at radius 1 is 1.45 bits per heavy atom. The van der Waals surface area contributed by atoms with Crippen LogP contribution in [0.2, 0.25) is 0 Å². The molecule has 0 saturated carbocycles. The van der Waals surface area contributed by atoms with Gasteiger partial charge in [-0.2, -0.15) is 0 Å². The first-order valence-corrected chi connectivity index (χ1v) is 7.19. The predicted molar refractivity (Wildman–Crippen MR) is 78.0 cm³/mol. The minimum Gasteiger partial charge on any atom is -0.311 e. The van der Waals surface area contributed by atoms with Gasteiger partial charge in [0.05, 0.1) is 12.1 Å². The normalized spacial score (nSPS) is 13.1. The standard InChI is InChI=1S/C14H13N3O2S/c18-9-15-14-16-11(8-20-14)7-13(19)17-6-5-10-3-1-2-4-12(10)17/h1-4,8-9H,5-7H2,(H,15,16,18). The van der Waals surface area contributed by atoms with Crippen molar-refractivity contribution in [1.29, 1.82) is 0 Å². The van der Waals surface area contributed by atoms with Crippen molar-refractivity contribution in [3.8, 4) is 0 Å². The number of carbonyl (C=O) groups is 2. The van der Waals surface area contributed by atoms with Crippen LogP contribution in [0.15, 0.2) is 29.6 Å². The fraction of sp³-hybridized carbons (Fsp3) is 0.214. The summed E-state index contributed by atoms with van der Waals surface area (Å²) in [4.78, 5) is 28.7. The predicted octanol–water partition coefficient (Wildman–Crippen LogP) is 1.84. The lowest BCUT2D eigenvalue weighted by atomic mass is 10.2. The first-order chi connectivity index (χ1) is 9.78. The van der Waals surface area contributed by atoms with Gasteiger partial charge in [-0.1, -0.05) is 18.2 Å². The Labute approximate surface area is 120 Å². The highest BCUT2D eigenvalue weighted by molar-refractivity contribution is 7.13. The average Bonchev–Trinajstić information content (AvgIpc) is 3.06. The molecule has 0 radical (unpaired) electrons. The van der Waals surface area contributed by atoms with E-state index in [9.17, 15) is 9.59 Å². The second-order valence-electron chi connectivity index (χ2n) is 4.51. The summed E-state index contributed by atoms with van der Waals surface area (Å²) in [5.41, 5.74) is 2.90. The average molecular weight is 287 g/mol. The van der Waals surface area contributed by atoms with Crippen molar-refractivity contribution in [2.45, 2.75) is 12.8 Å². The summed E-state index contributed by atoms with van der Waals surface area (Å²) in [5.74, 6) is 0.0397. The van der Waals surface area contributed by atoms with Crippen molar-refractivity contribution in [2.24, 2.45) is 0 Å². The lowest BCUT2D eigenvalue weighted by molar-refractivity contribution is -0.118. The SMILES string of the molecule is O=CNc1nc(CC(=O)N2CCc3ccccc32)cs1. The molecule has 6 heteroatoms. The highest BCUT2D eigenvalue weighted by Crippen LogP contribution is 2.28. The molecule has 102 valence electrons. The van der Waals surface area contributed by atoms with Gasteiger partial charge in [-0.05, 0) is 18.1 Å². The molecule has 0 saturated heterocycles. The molecule has 0 atom stereocenters. The molecule has 1 aliphatic rings. The van der Waals surface area contributed by atoms with E-state index in [1.54, 1.807) is 5.38 Å². The number of amides is 2. The van der Waals surface area contributed by atoms with Gasteiger partial charge in [-0.25, -0.2) is 4.98 Å². The number of hydrogen-bond acceptors (Lipinski definition) is 4. The van der Waals surface area contributed by atoms with Crippen LogP contribution in [-0.4, -0.2) is 23.8 Å². The number of aromatic nitrogens is 1. The molecule has 2 amide bonds. The molecule has 2 aromatic rings. The summed E-state index contributed by atoms with van der Waals surface area (Å²) < 4.78 is 0. The van der Waals surface area contributed by atoms with Crippen LogP contribution in [0.5, 0.6) is 0 Å². The lowest BCUT2D eigenvalue weighted by Gasteiger charge is -2.16. The van der Waals surface area contributed by atoms with E-state index in [0.29, 0.717) is 17.2 Å². The van der Waals surface area contributed by atoms with E-state index in [2.05, 4.69) is 16.4 Å². The Morgan fingerprint density at radius 3 is 3.15 bits per heavy atom. The zero-order valence-electron chi connectivity index (χ0n) is 10.7. The molecular weight excluding hydrogens is 274 g/mol. The van der Waals surface area contributed by atoms with Crippen molar-refractivity contribution in [1.82, 2.24) is 4.98 Å². The Bertz CT molecular complexity index is 653. The van der Waals surface area contributed by atoms with Gasteiger partial charge in [0.2, 0.25) is 12.3 Å². The van der Waals surface area contributed by atoms with Crippen LogP contribution in [0.4, 0.5) is 10.8 Å². The Morgan fingerprint density at radius 2 is 2.30 bits per heavy atom. The van der Waals surface area contributed by atoms with Crippen LogP contribution < -0.4 is 10.2 Å². The first kappa shape index (κ1) is 12.8. The van der Waals surface area contributed by atoms with Gasteiger partial charge >= 0.3 is 0 Å². The number of benzene rings is 1. The molecule has 0 bridgehead atoms. The molecule has 0 spiro atoms. The summed E-state index contributed by atoms with van der Waals surface area (Å²) in [5, 5.41) is 4.80. The van der Waals surface area contributed by atoms with Crippen LogP contribution in [0, 0.1) is 0 Å². The summed E-state index contributed by atoms with van der Waals surface area (Å²) >= 11 is 1.32. The highest BCUT2D eigenvalue weighted by atomic mass is 32.1. The minimum atomic E-state index is 0.0397. The second kappa shape index (κ2) is 5.42. The number of carbonyl (C=O) groups excluding carboxylic acids is 2. The van der Waals surface area contributed by atoms with E-state index in [4.69, 9.17) is 0 Å². The maximum atomic E-state index is 12.3. The molecule has 2 heterocycles. The van der Waals surface area contributed by atoms with E-state index < -0.39 is 0 Å². The summed E-state index contributed by atoms with van der Waals surface area (Å²) in [6, 6.07) is 7.96. The molecule has 0 unspecified atom stereocenters. The molecule has 1 aromatic carbocycles. The number of nitrogens with one attached hydrogen (secondary N) is 1. The Hall–Kier alpha value is -2.21. The van der Waals surface area contributed by atoms with Gasteiger partial charge < -0.3 is 10.2 Å². The number of nitrogens with zero attached hydrogens (tertiary/aromatic N) is 2. The number of para-hydroxylation sites is 1. The fourth-order valence-corrected chi connectivity index (χ4v) is 3.02. The largest absolute Gasteiger partial charge is 0.311 e. The summed E-state index contributed by atoms with van der Waals surface area (Å²) in [6.07, 6.45) is 1.74. The van der Waals surface area contributed by atoms with E-state index in [-0.39, 0.29) is 12.3 Å². The van der Waals surface area contributed by atoms with E-state index in [1.165, 1.54) is 16.9 Å². The van der Waals surface area contributed by atoms with Crippen LogP contribution >= 0.6 is 11.3 Å². The van der Waals surface area contributed by atoms with Crippen LogP contribution in [0.3, 0.4) is 0 Å². The number of hydrogen-bond donors (Lipinski definition) is 1. The number of anilines is 2. The second-order valence-corrected chi connectivity index (χ2v) is 5.37. The Balaban J connectivity index is 1.72. The molecule has 1 aromatic heterocycles. The minimum absolute atomic E-state index is 0.0397.